The first-order valence-corrected chi connectivity index (χ1v) is 6.80. The Labute approximate surface area is 122 Å². The molecule has 0 fully saturated rings. The first kappa shape index (κ1) is 13.1. The quantitative estimate of drug-likeness (QED) is 0.912. The number of fused-ring (bicyclic) bond motifs is 1. The minimum atomic E-state index is -0.402. The van der Waals surface area contributed by atoms with Crippen LogP contribution in [-0.4, -0.2) is 10.9 Å². The van der Waals surface area contributed by atoms with Crippen molar-refractivity contribution in [3.8, 4) is 0 Å². The summed E-state index contributed by atoms with van der Waals surface area (Å²) in [6.45, 7) is 1.98. The molecule has 1 aliphatic rings. The van der Waals surface area contributed by atoms with Crippen molar-refractivity contribution in [1.29, 1.82) is 0 Å². The maximum atomic E-state index is 12.1. The van der Waals surface area contributed by atoms with Gasteiger partial charge in [0.05, 0.1) is 5.69 Å². The molecule has 1 aromatic heterocycles. The number of carbonyl (C=O) groups excluding carboxylic acids is 1. The molecule has 0 spiro atoms. The van der Waals surface area contributed by atoms with Crippen molar-refractivity contribution in [2.75, 3.05) is 5.32 Å². The van der Waals surface area contributed by atoms with Crippen LogP contribution in [0.1, 0.15) is 30.3 Å². The molecular weight excluding hydrogens is 274 g/mol. The van der Waals surface area contributed by atoms with Crippen LogP contribution in [0.2, 0.25) is 5.02 Å². The number of benzene rings is 1. The summed E-state index contributed by atoms with van der Waals surface area (Å²) in [7, 11) is 0. The number of nitrogens with zero attached hydrogens (tertiary/aromatic N) is 1. The van der Waals surface area contributed by atoms with Crippen LogP contribution in [-0.2, 0) is 4.79 Å². The van der Waals surface area contributed by atoms with Gasteiger partial charge in [-0.05, 0) is 37.3 Å². The van der Waals surface area contributed by atoms with Gasteiger partial charge < -0.3 is 5.32 Å². The molecule has 0 saturated carbocycles. The number of aromatic nitrogens is 1. The van der Waals surface area contributed by atoms with Crippen molar-refractivity contribution in [3.05, 3.63) is 58.9 Å². The lowest BCUT2D eigenvalue weighted by Gasteiger charge is -2.18. The highest BCUT2D eigenvalue weighted by atomic mass is 35.5. The largest absolute Gasteiger partial charge is 0.324 e. The molecule has 2 atom stereocenters. The third-order valence-electron chi connectivity index (χ3n) is 3.39. The molecule has 1 amide bonds. The predicted molar refractivity (Wildman–Crippen MR) is 78.6 cm³/mol. The zero-order valence-electron chi connectivity index (χ0n) is 10.9. The van der Waals surface area contributed by atoms with Gasteiger partial charge in [0.1, 0.15) is 6.04 Å². The molecule has 0 radical (unpaired) electrons. The van der Waals surface area contributed by atoms with E-state index in [1.165, 1.54) is 0 Å². The van der Waals surface area contributed by atoms with Crippen LogP contribution in [0, 0.1) is 0 Å². The molecule has 0 saturated heterocycles. The molecule has 1 aromatic carbocycles. The lowest BCUT2D eigenvalue weighted by Crippen LogP contribution is -2.30. The van der Waals surface area contributed by atoms with E-state index in [0.717, 1.165) is 16.9 Å². The van der Waals surface area contributed by atoms with E-state index in [4.69, 9.17) is 11.6 Å². The summed E-state index contributed by atoms with van der Waals surface area (Å²) in [5.74, 6) is -0.0648. The maximum Gasteiger partial charge on any atom is 0.246 e. The molecule has 102 valence electrons. The van der Waals surface area contributed by atoms with Crippen LogP contribution in [0.15, 0.2) is 42.6 Å². The average molecular weight is 288 g/mol. The molecule has 2 unspecified atom stereocenters. The number of amides is 1. The van der Waals surface area contributed by atoms with Gasteiger partial charge in [-0.15, -0.1) is 0 Å². The lowest BCUT2D eigenvalue weighted by atomic mass is 10.1. The summed E-state index contributed by atoms with van der Waals surface area (Å²) >= 11 is 6.01. The van der Waals surface area contributed by atoms with Crippen LogP contribution in [0.4, 0.5) is 5.69 Å². The second kappa shape index (κ2) is 5.23. The first-order chi connectivity index (χ1) is 9.65. The summed E-state index contributed by atoms with van der Waals surface area (Å²) in [6, 6.07) is 10.7. The van der Waals surface area contributed by atoms with Crippen molar-refractivity contribution < 1.29 is 4.79 Å². The Bertz CT molecular complexity index is 645. The van der Waals surface area contributed by atoms with E-state index in [2.05, 4.69) is 15.6 Å². The van der Waals surface area contributed by atoms with E-state index < -0.39 is 6.04 Å². The first-order valence-electron chi connectivity index (χ1n) is 6.42. The predicted octanol–water partition coefficient (Wildman–Crippen LogP) is 3.08. The number of carbonyl (C=O) groups is 1. The minimum Gasteiger partial charge on any atom is -0.324 e. The molecule has 5 heteroatoms. The zero-order valence-corrected chi connectivity index (χ0v) is 11.7. The third-order valence-corrected chi connectivity index (χ3v) is 3.63. The molecule has 2 N–H and O–H groups in total. The van der Waals surface area contributed by atoms with Crippen LogP contribution < -0.4 is 10.6 Å². The van der Waals surface area contributed by atoms with E-state index in [1.807, 2.05) is 37.3 Å². The van der Waals surface area contributed by atoms with Gasteiger partial charge in [0, 0.05) is 28.5 Å². The van der Waals surface area contributed by atoms with E-state index in [0.29, 0.717) is 5.02 Å². The lowest BCUT2D eigenvalue weighted by molar-refractivity contribution is -0.117. The van der Waals surface area contributed by atoms with Crippen LogP contribution in [0.3, 0.4) is 0 Å². The fourth-order valence-corrected chi connectivity index (χ4v) is 2.55. The van der Waals surface area contributed by atoms with E-state index in [1.54, 1.807) is 12.3 Å². The van der Waals surface area contributed by atoms with E-state index >= 15 is 0 Å². The summed E-state index contributed by atoms with van der Waals surface area (Å²) in [5, 5.41) is 6.77. The number of rotatable bonds is 3. The smallest absolute Gasteiger partial charge is 0.246 e. The molecule has 3 rings (SSSR count). The maximum absolute atomic E-state index is 12.1. The molecular formula is C15H14ClN3O. The van der Waals surface area contributed by atoms with Crippen LogP contribution >= 0.6 is 11.6 Å². The Morgan fingerprint density at radius 1 is 1.35 bits per heavy atom. The van der Waals surface area contributed by atoms with E-state index in [-0.39, 0.29) is 11.9 Å². The van der Waals surface area contributed by atoms with Crippen LogP contribution in [0.25, 0.3) is 0 Å². The molecule has 2 aromatic rings. The number of nitrogens with one attached hydrogen (secondary N) is 2. The standard InChI is InChI=1S/C15H14ClN3O/c1-9(12-4-2-3-7-17-12)18-14-11-8-10(16)5-6-13(11)19-15(14)20/h2-9,14,18H,1H3,(H,19,20). The summed E-state index contributed by atoms with van der Waals surface area (Å²) in [5.41, 5.74) is 2.59. The van der Waals surface area contributed by atoms with Gasteiger partial charge in [-0.2, -0.15) is 0 Å². The van der Waals surface area contributed by atoms with Gasteiger partial charge in [0.2, 0.25) is 5.91 Å². The molecule has 1 aliphatic heterocycles. The highest BCUT2D eigenvalue weighted by molar-refractivity contribution is 6.31. The summed E-state index contributed by atoms with van der Waals surface area (Å²) in [4.78, 5) is 16.4. The van der Waals surface area contributed by atoms with E-state index in [9.17, 15) is 4.79 Å². The molecule has 20 heavy (non-hydrogen) atoms. The molecule has 0 aliphatic carbocycles. The van der Waals surface area contributed by atoms with Gasteiger partial charge >= 0.3 is 0 Å². The second-order valence-electron chi connectivity index (χ2n) is 4.80. The van der Waals surface area contributed by atoms with Crippen molar-refractivity contribution in [3.63, 3.8) is 0 Å². The molecule has 2 heterocycles. The highest BCUT2D eigenvalue weighted by Gasteiger charge is 2.31. The Balaban J connectivity index is 1.85. The third kappa shape index (κ3) is 2.40. The number of hydrogen-bond acceptors (Lipinski definition) is 3. The fraction of sp³-hybridized carbons (Fsp3) is 0.200. The van der Waals surface area contributed by atoms with Crippen molar-refractivity contribution in [2.45, 2.75) is 19.0 Å². The van der Waals surface area contributed by atoms with Gasteiger partial charge in [-0.1, -0.05) is 17.7 Å². The highest BCUT2D eigenvalue weighted by Crippen LogP contribution is 2.34. The Hall–Kier alpha value is -1.91. The normalized spacial score (nSPS) is 18.5. The second-order valence-corrected chi connectivity index (χ2v) is 5.23. The molecule has 4 nitrogen and oxygen atoms in total. The number of anilines is 1. The van der Waals surface area contributed by atoms with Crippen LogP contribution in [0.5, 0.6) is 0 Å². The Morgan fingerprint density at radius 2 is 2.20 bits per heavy atom. The Morgan fingerprint density at radius 3 is 2.95 bits per heavy atom. The van der Waals surface area contributed by atoms with Crippen molar-refractivity contribution in [2.24, 2.45) is 0 Å². The number of pyridine rings is 1. The summed E-state index contributed by atoms with van der Waals surface area (Å²) < 4.78 is 0. The average Bonchev–Trinajstić information content (AvgIpc) is 2.76. The number of halogens is 1. The summed E-state index contributed by atoms with van der Waals surface area (Å²) in [6.07, 6.45) is 1.74. The van der Waals surface area contributed by atoms with Gasteiger partial charge in [-0.3, -0.25) is 15.1 Å². The monoisotopic (exact) mass is 287 g/mol. The zero-order chi connectivity index (χ0) is 14.1. The topological polar surface area (TPSA) is 54.0 Å². The Kier molecular flexibility index (Phi) is 3.42. The molecule has 0 bridgehead atoms. The van der Waals surface area contributed by atoms with Gasteiger partial charge in [-0.25, -0.2) is 0 Å². The van der Waals surface area contributed by atoms with Gasteiger partial charge in [0.15, 0.2) is 0 Å². The van der Waals surface area contributed by atoms with Crippen molar-refractivity contribution >= 4 is 23.2 Å². The SMILES string of the molecule is CC(NC1C(=O)Nc2ccc(Cl)cc21)c1ccccn1. The number of hydrogen-bond donors (Lipinski definition) is 2. The fourth-order valence-electron chi connectivity index (χ4n) is 2.37. The van der Waals surface area contributed by atoms with Crippen molar-refractivity contribution in [1.82, 2.24) is 10.3 Å². The minimum absolute atomic E-state index is 0.0307. The van der Waals surface area contributed by atoms with Gasteiger partial charge in [0.25, 0.3) is 0 Å².